The first kappa shape index (κ1) is 28.8. The Kier molecular flexibility index (Phi) is 7.94. The molecule has 11 nitrogen and oxygen atoms in total. The molecular formula is C24H31F3N4O7S. The molecular weight excluding hydrogens is 545 g/mol. The van der Waals surface area contributed by atoms with E-state index in [1.54, 1.807) is 4.68 Å². The van der Waals surface area contributed by atoms with Crippen LogP contribution in [0.25, 0.3) is 0 Å². The summed E-state index contributed by atoms with van der Waals surface area (Å²) in [5, 5.41) is 15.8. The number of aryl methyl sites for hydroxylation is 1. The second-order valence-corrected chi connectivity index (χ2v) is 11.5. The largest absolute Gasteiger partial charge is 0.486 e. The van der Waals surface area contributed by atoms with Crippen molar-refractivity contribution in [3.8, 4) is 11.6 Å². The number of carbonyl (C=O) groups is 1. The highest BCUT2D eigenvalue weighted by Crippen LogP contribution is 2.42. The zero-order valence-electron chi connectivity index (χ0n) is 21.7. The van der Waals surface area contributed by atoms with Gasteiger partial charge in [-0.1, -0.05) is 6.92 Å². The molecule has 216 valence electrons. The molecule has 2 aliphatic rings. The number of aromatic nitrogens is 2. The maximum absolute atomic E-state index is 14.2. The number of nitrogens with zero attached hydrogens (tertiary/aromatic N) is 3. The summed E-state index contributed by atoms with van der Waals surface area (Å²) in [6.07, 6.45) is -4.12. The zero-order valence-corrected chi connectivity index (χ0v) is 22.6. The predicted octanol–water partition coefficient (Wildman–Crippen LogP) is 3.85. The van der Waals surface area contributed by atoms with Crippen molar-refractivity contribution in [2.75, 3.05) is 29.4 Å². The Labute approximate surface area is 223 Å². The van der Waals surface area contributed by atoms with E-state index >= 15 is 0 Å². The highest BCUT2D eigenvalue weighted by Gasteiger charge is 2.51. The number of aliphatic hydroxyl groups excluding tert-OH is 1. The third-order valence-electron chi connectivity index (χ3n) is 6.51. The van der Waals surface area contributed by atoms with Crippen LogP contribution in [0.1, 0.15) is 45.7 Å². The molecule has 0 unspecified atom stereocenters. The van der Waals surface area contributed by atoms with Crippen molar-refractivity contribution >= 4 is 27.5 Å². The minimum absolute atomic E-state index is 0.00395. The van der Waals surface area contributed by atoms with E-state index in [-0.39, 0.29) is 47.7 Å². The lowest BCUT2D eigenvalue weighted by molar-refractivity contribution is -0.242. The lowest BCUT2D eigenvalue weighted by Crippen LogP contribution is -2.44. The van der Waals surface area contributed by atoms with Crippen molar-refractivity contribution in [3.63, 3.8) is 0 Å². The highest BCUT2D eigenvalue weighted by molar-refractivity contribution is 7.93. The third kappa shape index (κ3) is 5.73. The molecule has 0 fully saturated rings. The van der Waals surface area contributed by atoms with Crippen LogP contribution in [0.4, 0.5) is 29.3 Å². The van der Waals surface area contributed by atoms with Crippen LogP contribution in [-0.4, -0.2) is 67.0 Å². The van der Waals surface area contributed by atoms with Gasteiger partial charge in [-0.2, -0.15) is 13.2 Å². The predicted molar refractivity (Wildman–Crippen MR) is 134 cm³/mol. The number of rotatable bonds is 8. The molecule has 0 saturated heterocycles. The fourth-order valence-corrected chi connectivity index (χ4v) is 6.12. The van der Waals surface area contributed by atoms with Crippen LogP contribution >= 0.6 is 0 Å². The van der Waals surface area contributed by atoms with Crippen LogP contribution in [0.3, 0.4) is 0 Å². The molecule has 0 aliphatic carbocycles. The van der Waals surface area contributed by atoms with E-state index in [9.17, 15) is 31.5 Å². The molecule has 0 spiro atoms. The average Bonchev–Trinajstić information content (AvgIpc) is 3.24. The molecule has 4 rings (SSSR count). The molecule has 1 aromatic carbocycles. The highest BCUT2D eigenvalue weighted by atomic mass is 32.2. The topological polar surface area (TPSA) is 132 Å². The second kappa shape index (κ2) is 10.8. The van der Waals surface area contributed by atoms with E-state index in [0.717, 1.165) is 31.0 Å². The van der Waals surface area contributed by atoms with Crippen molar-refractivity contribution in [1.82, 2.24) is 9.78 Å². The molecule has 0 bridgehead atoms. The first-order chi connectivity index (χ1) is 18.3. The van der Waals surface area contributed by atoms with Crippen LogP contribution in [-0.2, 0) is 27.7 Å². The number of nitrogens with one attached hydrogen (secondary N) is 1. The normalized spacial score (nSPS) is 17.6. The van der Waals surface area contributed by atoms with Crippen molar-refractivity contribution in [2.24, 2.45) is 0 Å². The summed E-state index contributed by atoms with van der Waals surface area (Å²) < 4.78 is 86.6. The number of aliphatic hydroxyl groups is 1. The average molecular weight is 577 g/mol. The molecule has 3 heterocycles. The Bertz CT molecular complexity index is 1330. The summed E-state index contributed by atoms with van der Waals surface area (Å²) in [5.74, 6) is 0.0966. The molecule has 0 radical (unpaired) electrons. The third-order valence-corrected chi connectivity index (χ3v) is 8.37. The van der Waals surface area contributed by atoms with Crippen molar-refractivity contribution in [2.45, 2.75) is 75.8 Å². The zero-order chi connectivity index (χ0) is 28.6. The van der Waals surface area contributed by atoms with Crippen LogP contribution < -0.4 is 19.1 Å². The molecule has 1 atom stereocenters. The number of benzene rings is 1. The Hall–Kier alpha value is -3.20. The molecule has 2 aromatic rings. The number of carbonyl (C=O) groups excluding carboxylic acids is 1. The molecule has 2 aliphatic heterocycles. The number of ether oxygens (including phenoxy) is 3. The number of anilines is 2. The van der Waals surface area contributed by atoms with Gasteiger partial charge in [0, 0.05) is 12.2 Å². The van der Waals surface area contributed by atoms with Crippen LogP contribution in [0, 0.1) is 0 Å². The van der Waals surface area contributed by atoms with Gasteiger partial charge in [-0.15, -0.1) is 5.10 Å². The monoisotopic (exact) mass is 576 g/mol. The summed E-state index contributed by atoms with van der Waals surface area (Å²) in [4.78, 5) is 12.2. The van der Waals surface area contributed by atoms with Crippen LogP contribution in [0.15, 0.2) is 23.1 Å². The van der Waals surface area contributed by atoms with Gasteiger partial charge in [0.1, 0.15) is 18.5 Å². The van der Waals surface area contributed by atoms with Gasteiger partial charge in [0.25, 0.3) is 15.9 Å². The summed E-state index contributed by atoms with van der Waals surface area (Å²) in [6, 6.07) is 4.10. The fraction of sp³-hybridized carbons (Fsp3) is 0.583. The summed E-state index contributed by atoms with van der Waals surface area (Å²) in [7, 11) is -4.30. The number of amides is 1. The van der Waals surface area contributed by atoms with Crippen LogP contribution in [0.2, 0.25) is 0 Å². The van der Waals surface area contributed by atoms with Gasteiger partial charge in [-0.3, -0.25) is 14.3 Å². The summed E-state index contributed by atoms with van der Waals surface area (Å²) >= 11 is 0. The van der Waals surface area contributed by atoms with Gasteiger partial charge in [-0.05, 0) is 57.7 Å². The Morgan fingerprint density at radius 2 is 2.03 bits per heavy atom. The first-order valence-electron chi connectivity index (χ1n) is 12.5. The van der Waals surface area contributed by atoms with E-state index in [1.807, 2.05) is 6.92 Å². The van der Waals surface area contributed by atoms with Gasteiger partial charge in [0.15, 0.2) is 4.90 Å². The molecule has 15 heteroatoms. The molecule has 2 N–H and O–H groups in total. The number of hydrogen-bond donors (Lipinski definition) is 2. The number of halogens is 3. The van der Waals surface area contributed by atoms with Gasteiger partial charge in [0.05, 0.1) is 24.5 Å². The number of alkyl halides is 3. The molecule has 39 heavy (non-hydrogen) atoms. The summed E-state index contributed by atoms with van der Waals surface area (Å²) in [5.41, 5.74) is -2.17. The quantitative estimate of drug-likeness (QED) is 0.485. The molecule has 0 saturated carbocycles. The smallest absolute Gasteiger partial charge is 0.427 e. The van der Waals surface area contributed by atoms with E-state index in [0.29, 0.717) is 25.1 Å². The van der Waals surface area contributed by atoms with Crippen molar-refractivity contribution in [1.29, 1.82) is 0 Å². The van der Waals surface area contributed by atoms with E-state index < -0.39 is 34.0 Å². The maximum atomic E-state index is 14.2. The fourth-order valence-electron chi connectivity index (χ4n) is 4.31. The Balaban J connectivity index is 1.72. The SMILES string of the molecule is CC[C@H]1CN(S(=O)(=O)c2c(OCCO)nn3c2CCCC3)c2cc(NC(=O)OC(C)(C)C(F)(F)F)ccc2O1. The number of sulfonamides is 1. The molecule has 1 aromatic heterocycles. The van der Waals surface area contributed by atoms with Gasteiger partial charge >= 0.3 is 12.3 Å². The summed E-state index contributed by atoms with van der Waals surface area (Å²) in [6.45, 7) is 3.24. The van der Waals surface area contributed by atoms with Gasteiger partial charge in [0.2, 0.25) is 5.60 Å². The minimum Gasteiger partial charge on any atom is -0.486 e. The number of hydrogen-bond acceptors (Lipinski definition) is 8. The van der Waals surface area contributed by atoms with Crippen molar-refractivity contribution < 1.29 is 45.7 Å². The first-order valence-corrected chi connectivity index (χ1v) is 14.0. The Morgan fingerprint density at radius 3 is 2.69 bits per heavy atom. The van der Waals surface area contributed by atoms with Crippen LogP contribution in [0.5, 0.6) is 11.6 Å². The van der Waals surface area contributed by atoms with Gasteiger partial charge < -0.3 is 19.3 Å². The lowest BCUT2D eigenvalue weighted by atomic mass is 10.1. The van der Waals surface area contributed by atoms with E-state index in [2.05, 4.69) is 15.2 Å². The maximum Gasteiger partial charge on any atom is 0.427 e. The van der Waals surface area contributed by atoms with E-state index in [1.165, 1.54) is 18.2 Å². The van der Waals surface area contributed by atoms with E-state index in [4.69, 9.17) is 9.47 Å². The lowest BCUT2D eigenvalue weighted by Gasteiger charge is -2.35. The minimum atomic E-state index is -4.80. The Morgan fingerprint density at radius 1 is 1.28 bits per heavy atom. The molecule has 1 amide bonds. The number of fused-ring (bicyclic) bond motifs is 2. The van der Waals surface area contributed by atoms with Crippen molar-refractivity contribution in [3.05, 3.63) is 23.9 Å². The standard InChI is InChI=1S/C24H31F3N4O7S/c1-4-16-14-31(39(34,35)20-17-7-5-6-10-30(17)29-21(20)36-12-11-32)18-13-15(8-9-19(18)37-16)28-22(33)38-23(2,3)24(25,26)27/h8-9,13,16,32H,4-7,10-12,14H2,1-3H3,(H,28,33)/t16-/m0/s1. The second-order valence-electron chi connectivity index (χ2n) is 9.72. The van der Waals surface area contributed by atoms with Gasteiger partial charge in [-0.25, -0.2) is 13.2 Å².